The molecule has 0 aliphatic carbocycles. The van der Waals surface area contributed by atoms with Gasteiger partial charge in [0.25, 0.3) is 0 Å². The molecule has 21 heteroatoms. The molecule has 3 aromatic heterocycles. The summed E-state index contributed by atoms with van der Waals surface area (Å²) in [4.78, 5) is 9.47. The number of hydrogen-bond acceptors (Lipinski definition) is 4. The van der Waals surface area contributed by atoms with E-state index in [4.69, 9.17) is 27.4 Å². The molecule has 3 aromatic rings. The van der Waals surface area contributed by atoms with Crippen molar-refractivity contribution in [3.8, 4) is 0 Å². The molecule has 0 bridgehead atoms. The van der Waals surface area contributed by atoms with Gasteiger partial charge in [-0.15, -0.1) is 0 Å². The van der Waals surface area contributed by atoms with Gasteiger partial charge >= 0.3 is 0 Å². The fourth-order valence-corrected chi connectivity index (χ4v) is 41.4. The van der Waals surface area contributed by atoms with Gasteiger partial charge in [-0.1, -0.05) is 41.5 Å². The number of rotatable bonds is 1. The maximum absolute atomic E-state index is 4.91. The van der Waals surface area contributed by atoms with Gasteiger partial charge in [0, 0.05) is 199 Å². The quantitative estimate of drug-likeness (QED) is 0.355. The third kappa shape index (κ3) is 15.4. The van der Waals surface area contributed by atoms with Crippen molar-refractivity contribution in [2.45, 2.75) is 53.4 Å². The molecule has 0 amide bonds. The van der Waals surface area contributed by atoms with E-state index in [1.54, 1.807) is 124 Å². The molecule has 0 spiro atoms. The molecule has 3 rings (SSSR count). The minimum absolute atomic E-state index is 0.0555. The highest BCUT2D eigenvalue weighted by Gasteiger charge is 2.19. The van der Waals surface area contributed by atoms with Crippen molar-refractivity contribution >= 4 is 181 Å². The smallest absolute Gasteiger partial charge is 0.146 e. The molecule has 40 heavy (non-hydrogen) atoms. The fourth-order valence-electron chi connectivity index (χ4n) is 2.99. The summed E-state index contributed by atoms with van der Waals surface area (Å²) in [5, 5.41) is 1.12. The SMILES string of the molecule is CC(C)(C)Cc1cc2nc(C(C)(C)C)ccc2c2nccn12.S=S=S=S=S=S=S=S=S=S=S=S=S=S=S=S=S=S. The Morgan fingerprint density at radius 2 is 1.18 bits per heavy atom. The van der Waals surface area contributed by atoms with Gasteiger partial charge in [-0.2, -0.15) is 0 Å². The lowest BCUT2D eigenvalue weighted by molar-refractivity contribution is 0.405. The maximum atomic E-state index is 4.91. The number of pyridine rings is 2. The van der Waals surface area contributed by atoms with E-state index in [1.807, 2.05) is 12.4 Å². The monoisotopic (exact) mass is 871 g/mol. The van der Waals surface area contributed by atoms with Crippen LogP contribution in [0.1, 0.15) is 52.9 Å². The van der Waals surface area contributed by atoms with Crippen molar-refractivity contribution in [1.29, 1.82) is 0 Å². The highest BCUT2D eigenvalue weighted by atomic mass is 33.5. The molecule has 3 nitrogen and oxygen atoms in total. The molecule has 224 valence electrons. The Labute approximate surface area is 291 Å². The van der Waals surface area contributed by atoms with E-state index in [9.17, 15) is 0 Å². The minimum atomic E-state index is 0.0555. The largest absolute Gasteiger partial charge is 0.303 e. The van der Waals surface area contributed by atoms with Gasteiger partial charge in [0.15, 0.2) is 0 Å². The van der Waals surface area contributed by atoms with Gasteiger partial charge in [-0.25, -0.2) is 4.98 Å². The van der Waals surface area contributed by atoms with Crippen LogP contribution in [0.2, 0.25) is 0 Å². The van der Waals surface area contributed by atoms with Crippen LogP contribution in [0.5, 0.6) is 0 Å². The van der Waals surface area contributed by atoms with E-state index in [1.165, 1.54) is 23.5 Å². The van der Waals surface area contributed by atoms with Crippen LogP contribution in [-0.4, -0.2) is 14.4 Å². The van der Waals surface area contributed by atoms with E-state index in [2.05, 4.69) is 69.1 Å². The van der Waals surface area contributed by atoms with Crippen LogP contribution < -0.4 is 0 Å². The summed E-state index contributed by atoms with van der Waals surface area (Å²) < 4.78 is 2.20. The summed E-state index contributed by atoms with van der Waals surface area (Å²) in [6.45, 7) is 13.4. The molecular weight excluding hydrogens is 847 g/mol. The summed E-state index contributed by atoms with van der Waals surface area (Å²) in [5.41, 5.74) is 4.73. The molecule has 0 fully saturated rings. The Morgan fingerprint density at radius 3 is 1.60 bits per heavy atom. The van der Waals surface area contributed by atoms with Crippen LogP contribution in [0.3, 0.4) is 0 Å². The van der Waals surface area contributed by atoms with Gasteiger partial charge in [0.2, 0.25) is 0 Å². The first-order chi connectivity index (χ1) is 19.1. The van der Waals surface area contributed by atoms with Gasteiger partial charge in [-0.05, 0) is 30.0 Å². The fraction of sp³-hybridized carbons (Fsp3) is 0.474. The number of imidazole rings is 1. The van der Waals surface area contributed by atoms with Crippen molar-refractivity contribution in [2.75, 3.05) is 0 Å². The molecule has 0 aliphatic heterocycles. The lowest BCUT2D eigenvalue weighted by Gasteiger charge is -2.21. The van der Waals surface area contributed by atoms with Gasteiger partial charge < -0.3 is 4.40 Å². The predicted octanol–water partition coefficient (Wildman–Crippen LogP) is 4.73. The number of aromatic nitrogens is 3. The number of nitrogens with zero attached hydrogens (tertiary/aromatic N) is 3. The average molecular weight is 873 g/mol. The van der Waals surface area contributed by atoms with Crippen molar-refractivity contribution in [1.82, 2.24) is 14.4 Å². The first-order valence-corrected chi connectivity index (χ1v) is 33.4. The molecule has 0 aromatic carbocycles. The zero-order valence-electron chi connectivity index (χ0n) is 21.8. The predicted molar refractivity (Wildman–Crippen MR) is 225 cm³/mol. The molecule has 0 saturated carbocycles. The summed E-state index contributed by atoms with van der Waals surface area (Å²) >= 11 is 9.49. The third-order valence-corrected chi connectivity index (χ3v) is 37.6. The van der Waals surface area contributed by atoms with Crippen LogP contribution in [0.15, 0.2) is 30.6 Å². The van der Waals surface area contributed by atoms with Crippen LogP contribution in [-0.2, 0) is 176 Å². The van der Waals surface area contributed by atoms with Gasteiger partial charge in [0.05, 0.1) is 5.52 Å². The topological polar surface area (TPSA) is 30.2 Å². The highest BCUT2D eigenvalue weighted by molar-refractivity contribution is 8.77. The number of fused-ring (bicyclic) bond motifs is 3. The summed E-state index contributed by atoms with van der Waals surface area (Å²) in [6, 6.07) is 6.51. The Kier molecular flexibility index (Phi) is 20.0. The Hall–Kier alpha value is 2.06. The molecule has 0 unspecified atom stereocenters. The van der Waals surface area contributed by atoms with Crippen LogP contribution >= 0.6 is 0 Å². The molecular formula is C19H25N3S18. The molecule has 0 radical (unpaired) electrons. The van der Waals surface area contributed by atoms with Crippen molar-refractivity contribution in [2.24, 2.45) is 5.41 Å². The lowest BCUT2D eigenvalue weighted by Crippen LogP contribution is -2.14. The zero-order valence-corrected chi connectivity index (χ0v) is 36.5. The summed E-state index contributed by atoms with van der Waals surface area (Å²) in [6.07, 6.45) is 4.92. The second-order valence-corrected chi connectivity index (χ2v) is 37.8. The Balaban J connectivity index is 0.000000288. The normalized spacial score (nSPS) is 10.6. The third-order valence-electron chi connectivity index (χ3n) is 4.32. The summed E-state index contributed by atoms with van der Waals surface area (Å²) in [7, 11) is 27.2. The van der Waals surface area contributed by atoms with E-state index in [0.717, 1.165) is 28.7 Å². The van der Waals surface area contributed by atoms with Crippen molar-refractivity contribution in [3.05, 3.63) is 42.0 Å². The first kappa shape index (κ1) is 38.2. The standard InChI is InChI=1S/C19H25N3.S18/c1-18(2,3)12-13-11-15-14(17-20-9-10-22(13)17)7-8-16(21-15)19(4,5)6;1-3-5-7-9-11-13-15-17-18-16-14-12-10-8-6-4-2/h7-11H,12H2,1-6H3;. The lowest BCUT2D eigenvalue weighted by atomic mass is 9.89. The Morgan fingerprint density at radius 1 is 0.700 bits per heavy atom. The molecule has 0 N–H and O–H groups in total. The van der Waals surface area contributed by atoms with E-state index in [0.29, 0.717) is 0 Å². The molecule has 0 atom stereocenters. The minimum Gasteiger partial charge on any atom is -0.303 e. The maximum Gasteiger partial charge on any atom is 0.146 e. The van der Waals surface area contributed by atoms with E-state index < -0.39 is 0 Å². The highest BCUT2D eigenvalue weighted by Crippen LogP contribution is 2.28. The Bertz CT molecular complexity index is 1990. The van der Waals surface area contributed by atoms with Crippen LogP contribution in [0.25, 0.3) is 16.6 Å². The summed E-state index contributed by atoms with van der Waals surface area (Å²) in [5.74, 6) is 0. The van der Waals surface area contributed by atoms with Crippen molar-refractivity contribution < 1.29 is 0 Å². The van der Waals surface area contributed by atoms with Gasteiger partial charge in [-0.3, -0.25) is 4.98 Å². The van der Waals surface area contributed by atoms with Gasteiger partial charge in [0.1, 0.15) is 5.65 Å². The van der Waals surface area contributed by atoms with E-state index >= 15 is 0 Å². The average Bonchev–Trinajstić information content (AvgIpc) is 3.39. The number of hydrogen-bond donors (Lipinski definition) is 0. The van der Waals surface area contributed by atoms with Crippen molar-refractivity contribution in [3.63, 3.8) is 0 Å². The van der Waals surface area contributed by atoms with Crippen LogP contribution in [0.4, 0.5) is 0 Å². The van der Waals surface area contributed by atoms with E-state index in [-0.39, 0.29) is 10.8 Å². The molecule has 3 heterocycles. The second-order valence-electron chi connectivity index (χ2n) is 9.46. The molecule has 0 aliphatic rings. The van der Waals surface area contributed by atoms with Crippen LogP contribution in [0, 0.1) is 5.41 Å². The molecule has 0 saturated heterocycles. The second kappa shape index (κ2) is 21.0. The first-order valence-electron chi connectivity index (χ1n) is 10.7. The zero-order chi connectivity index (χ0) is 29.4.